The summed E-state index contributed by atoms with van der Waals surface area (Å²) in [5.41, 5.74) is 0.987. The zero-order valence-corrected chi connectivity index (χ0v) is 14.5. The average molecular weight is 367 g/mol. The van der Waals surface area contributed by atoms with Crippen molar-refractivity contribution >= 4 is 23.5 Å². The van der Waals surface area contributed by atoms with E-state index in [9.17, 15) is 18.8 Å². The number of urea groups is 1. The first-order valence-electron chi connectivity index (χ1n) is 8.77. The van der Waals surface area contributed by atoms with Crippen LogP contribution in [0.2, 0.25) is 0 Å². The Morgan fingerprint density at radius 2 is 2.00 bits per heavy atom. The third-order valence-corrected chi connectivity index (χ3v) is 5.06. The van der Waals surface area contributed by atoms with E-state index < -0.39 is 35.7 Å². The Labute approximate surface area is 155 Å². The van der Waals surface area contributed by atoms with E-state index in [1.54, 1.807) is 0 Å². The van der Waals surface area contributed by atoms with E-state index in [-0.39, 0.29) is 5.69 Å². The number of hydrogen-bond acceptors (Lipinski definition) is 3. The van der Waals surface area contributed by atoms with Crippen molar-refractivity contribution < 1.29 is 18.8 Å². The van der Waals surface area contributed by atoms with Gasteiger partial charge in [-0.15, -0.1) is 0 Å². The minimum absolute atomic E-state index is 0.268. The van der Waals surface area contributed by atoms with E-state index in [0.717, 1.165) is 28.9 Å². The standard InChI is InChI=1S/C20H18FN3O3/c21-14-7-3-8-15(11-14)22-17(25)12-24-18(26)20(23-19(24)27)10-4-6-13-5-1-2-9-16(13)20/h1-3,5,7-9,11H,4,6,10,12H2,(H,22,25)(H,23,27). The molecule has 1 atom stereocenters. The number of anilines is 1. The van der Waals surface area contributed by atoms with Crippen LogP contribution < -0.4 is 10.6 Å². The van der Waals surface area contributed by atoms with Gasteiger partial charge >= 0.3 is 6.03 Å². The lowest BCUT2D eigenvalue weighted by atomic mass is 9.76. The first kappa shape index (κ1) is 17.2. The zero-order chi connectivity index (χ0) is 19.0. The van der Waals surface area contributed by atoms with E-state index in [0.29, 0.717) is 6.42 Å². The SMILES string of the molecule is O=C(CN1C(=O)NC2(CCCc3ccccc32)C1=O)Nc1cccc(F)c1. The topological polar surface area (TPSA) is 78.5 Å². The number of fused-ring (bicyclic) bond motifs is 2. The van der Waals surface area contributed by atoms with Gasteiger partial charge in [-0.05, 0) is 48.6 Å². The molecule has 2 aromatic rings. The lowest BCUT2D eigenvalue weighted by Gasteiger charge is -2.33. The van der Waals surface area contributed by atoms with Crippen molar-refractivity contribution in [3.63, 3.8) is 0 Å². The number of nitrogens with one attached hydrogen (secondary N) is 2. The number of amides is 4. The van der Waals surface area contributed by atoms with Gasteiger partial charge < -0.3 is 10.6 Å². The third-order valence-electron chi connectivity index (χ3n) is 5.06. The fraction of sp³-hybridized carbons (Fsp3) is 0.250. The molecule has 1 unspecified atom stereocenters. The van der Waals surface area contributed by atoms with Crippen LogP contribution in [-0.2, 0) is 21.5 Å². The molecule has 1 aliphatic heterocycles. The van der Waals surface area contributed by atoms with E-state index in [2.05, 4.69) is 10.6 Å². The lowest BCUT2D eigenvalue weighted by Crippen LogP contribution is -2.47. The van der Waals surface area contributed by atoms with Crippen molar-refractivity contribution in [3.8, 4) is 0 Å². The summed E-state index contributed by atoms with van der Waals surface area (Å²) in [5.74, 6) is -1.47. The van der Waals surface area contributed by atoms with Gasteiger partial charge in [0.25, 0.3) is 5.91 Å². The molecule has 27 heavy (non-hydrogen) atoms. The van der Waals surface area contributed by atoms with E-state index in [4.69, 9.17) is 0 Å². The van der Waals surface area contributed by atoms with Crippen molar-refractivity contribution in [3.05, 3.63) is 65.5 Å². The molecule has 2 aromatic carbocycles. The summed E-state index contributed by atoms with van der Waals surface area (Å²) in [6.07, 6.45) is 2.12. The van der Waals surface area contributed by atoms with Crippen LogP contribution in [-0.4, -0.2) is 29.3 Å². The summed E-state index contributed by atoms with van der Waals surface area (Å²) >= 11 is 0. The highest BCUT2D eigenvalue weighted by atomic mass is 19.1. The molecule has 1 aliphatic carbocycles. The van der Waals surface area contributed by atoms with Crippen LogP contribution in [0.5, 0.6) is 0 Å². The monoisotopic (exact) mass is 367 g/mol. The molecule has 1 heterocycles. The molecule has 4 rings (SSSR count). The third kappa shape index (κ3) is 2.95. The highest BCUT2D eigenvalue weighted by Crippen LogP contribution is 2.39. The first-order valence-corrected chi connectivity index (χ1v) is 8.77. The predicted octanol–water partition coefficient (Wildman–Crippen LogP) is 2.55. The maximum absolute atomic E-state index is 13.2. The molecule has 1 fully saturated rings. The number of aryl methyl sites for hydroxylation is 1. The lowest BCUT2D eigenvalue weighted by molar-refractivity contribution is -0.134. The van der Waals surface area contributed by atoms with Gasteiger partial charge in [-0.1, -0.05) is 30.3 Å². The van der Waals surface area contributed by atoms with Crippen LogP contribution in [0, 0.1) is 5.82 Å². The summed E-state index contributed by atoms with van der Waals surface area (Å²) in [7, 11) is 0. The van der Waals surface area contributed by atoms with Gasteiger partial charge in [0.15, 0.2) is 0 Å². The van der Waals surface area contributed by atoms with Gasteiger partial charge in [-0.2, -0.15) is 0 Å². The minimum Gasteiger partial charge on any atom is -0.324 e. The zero-order valence-electron chi connectivity index (χ0n) is 14.5. The fourth-order valence-corrected chi connectivity index (χ4v) is 3.87. The normalized spacial score (nSPS) is 21.1. The van der Waals surface area contributed by atoms with E-state index in [1.165, 1.54) is 24.3 Å². The molecule has 2 aliphatic rings. The van der Waals surface area contributed by atoms with Gasteiger partial charge in [0.1, 0.15) is 17.9 Å². The van der Waals surface area contributed by atoms with Crippen molar-refractivity contribution in [1.29, 1.82) is 0 Å². The Morgan fingerprint density at radius 3 is 2.81 bits per heavy atom. The number of hydrogen-bond donors (Lipinski definition) is 2. The molecule has 2 N–H and O–H groups in total. The maximum Gasteiger partial charge on any atom is 0.325 e. The highest BCUT2D eigenvalue weighted by molar-refractivity contribution is 6.10. The molecular weight excluding hydrogens is 349 g/mol. The largest absolute Gasteiger partial charge is 0.325 e. The molecule has 0 bridgehead atoms. The maximum atomic E-state index is 13.2. The first-order chi connectivity index (χ1) is 13.0. The van der Waals surface area contributed by atoms with Crippen LogP contribution in [0.4, 0.5) is 14.9 Å². The summed E-state index contributed by atoms with van der Waals surface area (Å²) < 4.78 is 13.2. The van der Waals surface area contributed by atoms with Crippen molar-refractivity contribution in [2.24, 2.45) is 0 Å². The van der Waals surface area contributed by atoms with Gasteiger partial charge in [0.05, 0.1) is 0 Å². The molecule has 1 saturated heterocycles. The van der Waals surface area contributed by atoms with E-state index >= 15 is 0 Å². The molecular formula is C20H18FN3O3. The Kier molecular flexibility index (Phi) is 4.14. The molecule has 0 radical (unpaired) electrons. The number of imide groups is 1. The number of halogens is 1. The molecule has 6 nitrogen and oxygen atoms in total. The number of carbonyl (C=O) groups excluding carboxylic acids is 3. The Morgan fingerprint density at radius 1 is 1.19 bits per heavy atom. The molecule has 0 aromatic heterocycles. The number of rotatable bonds is 3. The average Bonchev–Trinajstić information content (AvgIpc) is 2.87. The van der Waals surface area contributed by atoms with Crippen molar-refractivity contribution in [2.45, 2.75) is 24.8 Å². The number of benzene rings is 2. The Bertz CT molecular complexity index is 946. The Balaban J connectivity index is 1.55. The number of carbonyl (C=O) groups is 3. The van der Waals surface area contributed by atoms with Gasteiger partial charge in [-0.3, -0.25) is 14.5 Å². The Hall–Kier alpha value is -3.22. The van der Waals surface area contributed by atoms with Crippen molar-refractivity contribution in [1.82, 2.24) is 10.2 Å². The van der Waals surface area contributed by atoms with Crippen molar-refractivity contribution in [2.75, 3.05) is 11.9 Å². The molecule has 7 heteroatoms. The van der Waals surface area contributed by atoms with Crippen LogP contribution in [0.3, 0.4) is 0 Å². The van der Waals surface area contributed by atoms with E-state index in [1.807, 2.05) is 24.3 Å². The summed E-state index contributed by atoms with van der Waals surface area (Å²) in [4.78, 5) is 38.8. The second kappa shape index (κ2) is 6.50. The second-order valence-electron chi connectivity index (χ2n) is 6.80. The molecule has 138 valence electrons. The smallest absolute Gasteiger partial charge is 0.324 e. The molecule has 1 spiro atoms. The molecule has 0 saturated carbocycles. The number of nitrogens with zero attached hydrogens (tertiary/aromatic N) is 1. The highest BCUT2D eigenvalue weighted by Gasteiger charge is 2.54. The van der Waals surface area contributed by atoms with Crippen LogP contribution in [0.25, 0.3) is 0 Å². The van der Waals surface area contributed by atoms with Gasteiger partial charge in [-0.25, -0.2) is 9.18 Å². The van der Waals surface area contributed by atoms with Crippen LogP contribution in [0.15, 0.2) is 48.5 Å². The summed E-state index contributed by atoms with van der Waals surface area (Å²) in [6, 6.07) is 12.4. The fourth-order valence-electron chi connectivity index (χ4n) is 3.87. The molecule has 4 amide bonds. The van der Waals surface area contributed by atoms with Gasteiger partial charge in [0, 0.05) is 5.69 Å². The summed E-state index contributed by atoms with van der Waals surface area (Å²) in [5, 5.41) is 5.31. The van der Waals surface area contributed by atoms with Gasteiger partial charge in [0.2, 0.25) is 5.91 Å². The minimum atomic E-state index is -1.11. The quantitative estimate of drug-likeness (QED) is 0.819. The predicted molar refractivity (Wildman–Crippen MR) is 96.3 cm³/mol. The van der Waals surface area contributed by atoms with Crippen LogP contribution >= 0.6 is 0 Å². The van der Waals surface area contributed by atoms with Crippen LogP contribution in [0.1, 0.15) is 24.0 Å². The summed E-state index contributed by atoms with van der Waals surface area (Å²) in [6.45, 7) is -0.425. The second-order valence-corrected chi connectivity index (χ2v) is 6.80.